The number of nitro groups is 1. The van der Waals surface area contributed by atoms with E-state index < -0.39 is 4.92 Å². The number of amides is 1. The average molecular weight is 291 g/mol. The van der Waals surface area contributed by atoms with E-state index in [-0.39, 0.29) is 11.6 Å². The normalized spacial score (nSPS) is 15.8. The minimum absolute atomic E-state index is 0.000617. The lowest BCUT2D eigenvalue weighted by atomic mass is 9.98. The molecule has 1 heterocycles. The maximum Gasteiger partial charge on any atom is 0.292 e. The molecule has 6 heteroatoms. The fourth-order valence-corrected chi connectivity index (χ4v) is 2.55. The number of nitrogens with one attached hydrogen (secondary N) is 1. The molecule has 1 aromatic carbocycles. The number of anilines is 1. The van der Waals surface area contributed by atoms with Crippen molar-refractivity contribution in [3.05, 3.63) is 33.9 Å². The van der Waals surface area contributed by atoms with Gasteiger partial charge in [-0.25, -0.2) is 0 Å². The summed E-state index contributed by atoms with van der Waals surface area (Å²) in [5.41, 5.74) is 0.908. The fraction of sp³-hybridized carbons (Fsp3) is 0.533. The van der Waals surface area contributed by atoms with Crippen LogP contribution in [0.4, 0.5) is 11.4 Å². The highest BCUT2D eigenvalue weighted by atomic mass is 16.6. The van der Waals surface area contributed by atoms with Crippen molar-refractivity contribution in [2.75, 3.05) is 25.0 Å². The van der Waals surface area contributed by atoms with E-state index in [9.17, 15) is 14.9 Å². The summed E-state index contributed by atoms with van der Waals surface area (Å²) in [6.07, 6.45) is 2.03. The summed E-state index contributed by atoms with van der Waals surface area (Å²) in [4.78, 5) is 24.9. The first-order chi connectivity index (χ1) is 10.0. The lowest BCUT2D eigenvalue weighted by Gasteiger charge is -2.30. The molecule has 2 rings (SSSR count). The van der Waals surface area contributed by atoms with Crippen molar-refractivity contribution in [1.82, 2.24) is 4.90 Å². The summed E-state index contributed by atoms with van der Waals surface area (Å²) in [5.74, 6) is 0.610. The molecule has 1 fully saturated rings. The summed E-state index contributed by atoms with van der Waals surface area (Å²) in [5, 5.41) is 13.9. The van der Waals surface area contributed by atoms with Gasteiger partial charge in [-0.1, -0.05) is 6.92 Å². The molecule has 0 bridgehead atoms. The maximum absolute atomic E-state index is 12.5. The highest BCUT2D eigenvalue weighted by molar-refractivity contribution is 5.96. The number of rotatable bonds is 4. The second-order valence-corrected chi connectivity index (χ2v) is 5.49. The third-order valence-electron chi connectivity index (χ3n) is 3.88. The molecule has 1 aliphatic rings. The Morgan fingerprint density at radius 2 is 2.10 bits per heavy atom. The van der Waals surface area contributed by atoms with Gasteiger partial charge in [0, 0.05) is 31.3 Å². The predicted molar refractivity (Wildman–Crippen MR) is 81.6 cm³/mol. The number of nitrogens with zero attached hydrogens (tertiary/aromatic N) is 2. The molecule has 21 heavy (non-hydrogen) atoms. The lowest BCUT2D eigenvalue weighted by Crippen LogP contribution is -2.37. The molecule has 1 saturated heterocycles. The molecule has 0 atom stereocenters. The van der Waals surface area contributed by atoms with Crippen molar-refractivity contribution >= 4 is 17.3 Å². The first kappa shape index (κ1) is 15.3. The average Bonchev–Trinajstić information content (AvgIpc) is 2.47. The van der Waals surface area contributed by atoms with Crippen molar-refractivity contribution in [1.29, 1.82) is 0 Å². The molecule has 0 radical (unpaired) electrons. The number of nitro benzene ring substituents is 1. The van der Waals surface area contributed by atoms with Crippen LogP contribution in [0.25, 0.3) is 0 Å². The zero-order chi connectivity index (χ0) is 15.4. The Kier molecular flexibility index (Phi) is 4.77. The fourth-order valence-electron chi connectivity index (χ4n) is 2.55. The van der Waals surface area contributed by atoms with Crippen LogP contribution in [0.5, 0.6) is 0 Å². The van der Waals surface area contributed by atoms with E-state index in [0.29, 0.717) is 23.7 Å². The Morgan fingerprint density at radius 3 is 2.67 bits per heavy atom. The van der Waals surface area contributed by atoms with E-state index >= 15 is 0 Å². The minimum atomic E-state index is -0.436. The van der Waals surface area contributed by atoms with Gasteiger partial charge in [-0.05, 0) is 37.8 Å². The summed E-state index contributed by atoms with van der Waals surface area (Å²) in [6.45, 7) is 6.14. The number of likely N-dealkylation sites (tertiary alicyclic amines) is 1. The van der Waals surface area contributed by atoms with E-state index in [1.807, 2.05) is 11.8 Å². The molecule has 0 aromatic heterocycles. The van der Waals surface area contributed by atoms with Gasteiger partial charge in [-0.2, -0.15) is 0 Å². The van der Waals surface area contributed by atoms with Crippen LogP contribution < -0.4 is 5.32 Å². The maximum atomic E-state index is 12.5. The smallest absolute Gasteiger partial charge is 0.292 e. The van der Waals surface area contributed by atoms with Crippen molar-refractivity contribution in [2.45, 2.75) is 26.7 Å². The number of benzene rings is 1. The molecule has 114 valence electrons. The van der Waals surface area contributed by atoms with E-state index in [4.69, 9.17) is 0 Å². The van der Waals surface area contributed by atoms with Crippen molar-refractivity contribution < 1.29 is 9.72 Å². The SMILES string of the molecule is CCNc1cc(C(=O)N2CCC(C)CC2)ccc1[N+](=O)[O-]. The Morgan fingerprint density at radius 1 is 1.43 bits per heavy atom. The molecule has 1 N–H and O–H groups in total. The van der Waals surface area contributed by atoms with Gasteiger partial charge in [-0.3, -0.25) is 14.9 Å². The van der Waals surface area contributed by atoms with Crippen LogP contribution in [0, 0.1) is 16.0 Å². The minimum Gasteiger partial charge on any atom is -0.380 e. The lowest BCUT2D eigenvalue weighted by molar-refractivity contribution is -0.384. The number of carbonyl (C=O) groups excluding carboxylic acids is 1. The van der Waals surface area contributed by atoms with Crippen molar-refractivity contribution in [3.63, 3.8) is 0 Å². The van der Waals surface area contributed by atoms with Gasteiger partial charge in [0.15, 0.2) is 0 Å². The molecule has 1 amide bonds. The monoisotopic (exact) mass is 291 g/mol. The molecular weight excluding hydrogens is 270 g/mol. The number of hydrogen-bond donors (Lipinski definition) is 1. The van der Waals surface area contributed by atoms with Gasteiger partial charge >= 0.3 is 0 Å². The molecule has 0 aliphatic carbocycles. The van der Waals surface area contributed by atoms with E-state index in [1.165, 1.54) is 6.07 Å². The van der Waals surface area contributed by atoms with Crippen molar-refractivity contribution in [2.24, 2.45) is 5.92 Å². The Labute approximate surface area is 124 Å². The van der Waals surface area contributed by atoms with Crippen LogP contribution >= 0.6 is 0 Å². The zero-order valence-electron chi connectivity index (χ0n) is 12.5. The quantitative estimate of drug-likeness (QED) is 0.683. The molecule has 1 aromatic rings. The molecule has 6 nitrogen and oxygen atoms in total. The van der Waals surface area contributed by atoms with Gasteiger partial charge in [0.1, 0.15) is 5.69 Å². The van der Waals surface area contributed by atoms with Crippen LogP contribution in [0.3, 0.4) is 0 Å². The first-order valence-electron chi connectivity index (χ1n) is 7.34. The largest absolute Gasteiger partial charge is 0.380 e. The molecule has 0 saturated carbocycles. The van der Waals surface area contributed by atoms with Gasteiger partial charge in [-0.15, -0.1) is 0 Å². The summed E-state index contributed by atoms with van der Waals surface area (Å²) in [7, 11) is 0. The van der Waals surface area contributed by atoms with Crippen LogP contribution in [0.15, 0.2) is 18.2 Å². The van der Waals surface area contributed by atoms with Crippen molar-refractivity contribution in [3.8, 4) is 0 Å². The molecule has 0 unspecified atom stereocenters. The standard InChI is InChI=1S/C15H21N3O3/c1-3-16-13-10-12(4-5-14(13)18(20)21)15(19)17-8-6-11(2)7-9-17/h4-5,10-11,16H,3,6-9H2,1-2H3. The number of piperidine rings is 1. The molecular formula is C15H21N3O3. The number of carbonyl (C=O) groups is 1. The predicted octanol–water partition coefficient (Wildman–Crippen LogP) is 2.90. The van der Waals surface area contributed by atoms with Gasteiger partial charge < -0.3 is 10.2 Å². The summed E-state index contributed by atoms with van der Waals surface area (Å²) >= 11 is 0. The van der Waals surface area contributed by atoms with Crippen LogP contribution in [-0.2, 0) is 0 Å². The third kappa shape index (κ3) is 3.51. The third-order valence-corrected chi connectivity index (χ3v) is 3.88. The van der Waals surface area contributed by atoms with E-state index in [2.05, 4.69) is 12.2 Å². The molecule has 1 aliphatic heterocycles. The van der Waals surface area contributed by atoms with Gasteiger partial charge in [0.2, 0.25) is 0 Å². The Bertz CT molecular complexity index is 537. The topological polar surface area (TPSA) is 75.5 Å². The second-order valence-electron chi connectivity index (χ2n) is 5.49. The van der Waals surface area contributed by atoms with Gasteiger partial charge in [0.25, 0.3) is 11.6 Å². The van der Waals surface area contributed by atoms with Crippen LogP contribution in [0.2, 0.25) is 0 Å². The zero-order valence-corrected chi connectivity index (χ0v) is 12.5. The second kappa shape index (κ2) is 6.56. The highest BCUT2D eigenvalue weighted by Gasteiger charge is 2.23. The van der Waals surface area contributed by atoms with Crippen LogP contribution in [-0.4, -0.2) is 35.4 Å². The van der Waals surface area contributed by atoms with E-state index in [0.717, 1.165) is 25.9 Å². The Hall–Kier alpha value is -2.11. The number of hydrogen-bond acceptors (Lipinski definition) is 4. The van der Waals surface area contributed by atoms with Crippen LogP contribution in [0.1, 0.15) is 37.0 Å². The summed E-state index contributed by atoms with van der Waals surface area (Å²) < 4.78 is 0. The van der Waals surface area contributed by atoms with Gasteiger partial charge in [0.05, 0.1) is 4.92 Å². The first-order valence-corrected chi connectivity index (χ1v) is 7.34. The highest BCUT2D eigenvalue weighted by Crippen LogP contribution is 2.27. The summed E-state index contributed by atoms with van der Waals surface area (Å²) in [6, 6.07) is 4.53. The Balaban J connectivity index is 2.21. The molecule has 0 spiro atoms. The van der Waals surface area contributed by atoms with E-state index in [1.54, 1.807) is 12.1 Å².